The van der Waals surface area contributed by atoms with Crippen LogP contribution in [0.1, 0.15) is 40.2 Å². The van der Waals surface area contributed by atoms with Gasteiger partial charge in [0.1, 0.15) is 0 Å². The molecule has 1 N–H and O–H groups in total. The van der Waals surface area contributed by atoms with Gasteiger partial charge in [-0.1, -0.05) is 42.5 Å². The van der Waals surface area contributed by atoms with Gasteiger partial charge in [0.2, 0.25) is 0 Å². The van der Waals surface area contributed by atoms with Gasteiger partial charge >= 0.3 is 0 Å². The van der Waals surface area contributed by atoms with Crippen molar-refractivity contribution in [1.29, 1.82) is 0 Å². The topological polar surface area (TPSA) is 59.9 Å². The van der Waals surface area contributed by atoms with Crippen LogP contribution in [0, 0.1) is 0 Å². The Bertz CT molecular complexity index is 1170. The van der Waals surface area contributed by atoms with Gasteiger partial charge in [-0.2, -0.15) is 0 Å². The Morgan fingerprint density at radius 1 is 1.03 bits per heavy atom. The molecule has 6 heteroatoms. The van der Waals surface area contributed by atoms with Gasteiger partial charge in [-0.15, -0.1) is 0 Å². The maximum atomic E-state index is 12.4. The van der Waals surface area contributed by atoms with Crippen molar-refractivity contribution in [2.75, 3.05) is 40.3 Å². The van der Waals surface area contributed by atoms with Gasteiger partial charge in [0.25, 0.3) is 5.91 Å². The van der Waals surface area contributed by atoms with E-state index in [9.17, 15) is 9.90 Å². The summed E-state index contributed by atoms with van der Waals surface area (Å²) >= 11 is 0. The number of benzene rings is 2. The van der Waals surface area contributed by atoms with Crippen molar-refractivity contribution in [1.82, 2.24) is 19.7 Å². The SMILES string of the molecule is CN(C)C(=O)c1cccc(-c2ccc([C@H]3[C@@H](CO)N4CCCCN(Cc5cccnc5)C[C@@H]34)cc2)c1. The molecule has 5 rings (SSSR count). The second kappa shape index (κ2) is 10.9. The first-order chi connectivity index (χ1) is 17.5. The van der Waals surface area contributed by atoms with Gasteiger partial charge in [0, 0.05) is 63.1 Å². The number of pyridine rings is 1. The quantitative estimate of drug-likeness (QED) is 0.576. The van der Waals surface area contributed by atoms with E-state index in [1.54, 1.807) is 19.0 Å². The van der Waals surface area contributed by atoms with E-state index < -0.39 is 0 Å². The second-order valence-corrected chi connectivity index (χ2v) is 10.3. The van der Waals surface area contributed by atoms with Gasteiger partial charge in [-0.05, 0) is 66.4 Å². The molecule has 1 aromatic heterocycles. The average molecular weight is 485 g/mol. The minimum atomic E-state index is 0.00828. The van der Waals surface area contributed by atoms with E-state index in [0.29, 0.717) is 17.5 Å². The predicted octanol–water partition coefficient (Wildman–Crippen LogP) is 3.88. The van der Waals surface area contributed by atoms with Crippen LogP contribution in [0.2, 0.25) is 0 Å². The van der Waals surface area contributed by atoms with E-state index >= 15 is 0 Å². The monoisotopic (exact) mass is 484 g/mol. The van der Waals surface area contributed by atoms with E-state index in [-0.39, 0.29) is 18.6 Å². The van der Waals surface area contributed by atoms with Crippen LogP contribution in [0.25, 0.3) is 11.1 Å². The Hall–Kier alpha value is -3.06. The fourth-order valence-corrected chi connectivity index (χ4v) is 5.89. The van der Waals surface area contributed by atoms with Crippen molar-refractivity contribution in [2.24, 2.45) is 0 Å². The molecule has 2 fully saturated rings. The molecule has 0 bridgehead atoms. The van der Waals surface area contributed by atoms with E-state index in [0.717, 1.165) is 43.7 Å². The molecule has 3 atom stereocenters. The molecular formula is C30H36N4O2. The number of aromatic nitrogens is 1. The van der Waals surface area contributed by atoms with Crippen LogP contribution in [0.3, 0.4) is 0 Å². The van der Waals surface area contributed by atoms with Gasteiger partial charge in [0.05, 0.1) is 6.61 Å². The number of fused-ring (bicyclic) bond motifs is 1. The zero-order chi connectivity index (χ0) is 25.1. The first kappa shape index (κ1) is 24.6. The largest absolute Gasteiger partial charge is 0.395 e. The Morgan fingerprint density at radius 3 is 2.56 bits per heavy atom. The third-order valence-electron chi connectivity index (χ3n) is 7.73. The summed E-state index contributed by atoms with van der Waals surface area (Å²) in [6.07, 6.45) is 6.12. The molecule has 3 heterocycles. The molecule has 188 valence electrons. The van der Waals surface area contributed by atoms with Crippen LogP contribution in [-0.4, -0.2) is 83.1 Å². The second-order valence-electron chi connectivity index (χ2n) is 10.3. The zero-order valence-corrected chi connectivity index (χ0v) is 21.3. The molecule has 0 saturated carbocycles. The molecule has 2 aliphatic rings. The Morgan fingerprint density at radius 2 is 1.83 bits per heavy atom. The first-order valence-corrected chi connectivity index (χ1v) is 12.9. The summed E-state index contributed by atoms with van der Waals surface area (Å²) in [5.74, 6) is 0.314. The Balaban J connectivity index is 1.35. The molecule has 2 saturated heterocycles. The number of carbonyl (C=O) groups excluding carboxylic acids is 1. The third-order valence-corrected chi connectivity index (χ3v) is 7.73. The van der Waals surface area contributed by atoms with Crippen LogP contribution in [0.4, 0.5) is 0 Å². The van der Waals surface area contributed by atoms with Crippen molar-refractivity contribution < 1.29 is 9.90 Å². The number of carbonyl (C=O) groups is 1. The van der Waals surface area contributed by atoms with Crippen molar-refractivity contribution in [3.8, 4) is 11.1 Å². The highest BCUT2D eigenvalue weighted by Gasteiger charge is 2.49. The van der Waals surface area contributed by atoms with Crippen molar-refractivity contribution in [2.45, 2.75) is 37.4 Å². The molecule has 1 amide bonds. The fourth-order valence-electron chi connectivity index (χ4n) is 5.89. The van der Waals surface area contributed by atoms with Gasteiger partial charge in [-0.3, -0.25) is 19.6 Å². The number of aliphatic hydroxyl groups is 1. The normalized spacial score (nSPS) is 22.7. The zero-order valence-electron chi connectivity index (χ0n) is 21.3. The van der Waals surface area contributed by atoms with Gasteiger partial charge < -0.3 is 10.0 Å². The summed E-state index contributed by atoms with van der Waals surface area (Å²) in [5.41, 5.74) is 5.36. The fraction of sp³-hybridized carbons (Fsp3) is 0.400. The summed E-state index contributed by atoms with van der Waals surface area (Å²) in [6, 6.07) is 21.3. The number of aliphatic hydroxyl groups excluding tert-OH is 1. The first-order valence-electron chi connectivity index (χ1n) is 12.9. The highest BCUT2D eigenvalue weighted by molar-refractivity contribution is 5.95. The van der Waals surface area contributed by atoms with Crippen molar-refractivity contribution in [3.05, 3.63) is 89.7 Å². The lowest BCUT2D eigenvalue weighted by atomic mass is 9.74. The lowest BCUT2D eigenvalue weighted by Gasteiger charge is -2.57. The molecule has 0 spiro atoms. The standard InChI is InChI=1S/C30H36N4O2/c1-32(2)30(36)26-9-5-8-25(17-26)23-10-12-24(13-11-23)29-27-20-33(19-22-7-6-14-31-18-22)15-3-4-16-34(27)28(29)21-35/h5-14,17-18,27-29,35H,3-4,15-16,19-21H2,1-2H3/t27-,28+,29+/m0/s1. The number of rotatable bonds is 6. The minimum absolute atomic E-state index is 0.00828. The molecule has 6 nitrogen and oxygen atoms in total. The lowest BCUT2D eigenvalue weighted by molar-refractivity contribution is -0.0655. The molecule has 2 aliphatic heterocycles. The maximum absolute atomic E-state index is 12.4. The summed E-state index contributed by atoms with van der Waals surface area (Å²) in [6.45, 7) is 4.23. The van der Waals surface area contributed by atoms with Crippen LogP contribution in [0.15, 0.2) is 73.1 Å². The predicted molar refractivity (Wildman–Crippen MR) is 143 cm³/mol. The minimum Gasteiger partial charge on any atom is -0.395 e. The van der Waals surface area contributed by atoms with Crippen molar-refractivity contribution in [3.63, 3.8) is 0 Å². The Labute approximate surface area is 214 Å². The smallest absolute Gasteiger partial charge is 0.253 e. The van der Waals surface area contributed by atoms with Crippen LogP contribution >= 0.6 is 0 Å². The summed E-state index contributed by atoms with van der Waals surface area (Å²) < 4.78 is 0. The number of amides is 1. The van der Waals surface area contributed by atoms with E-state index in [2.05, 4.69) is 45.1 Å². The summed E-state index contributed by atoms with van der Waals surface area (Å²) in [7, 11) is 3.55. The number of hydrogen-bond donors (Lipinski definition) is 1. The van der Waals surface area contributed by atoms with Crippen LogP contribution < -0.4 is 0 Å². The molecule has 36 heavy (non-hydrogen) atoms. The highest BCUT2D eigenvalue weighted by Crippen LogP contribution is 2.42. The molecule has 0 aliphatic carbocycles. The van der Waals surface area contributed by atoms with Crippen LogP contribution in [-0.2, 0) is 6.54 Å². The molecular weight excluding hydrogens is 448 g/mol. The Kier molecular flexibility index (Phi) is 7.46. The van der Waals surface area contributed by atoms with Gasteiger partial charge in [0.15, 0.2) is 0 Å². The van der Waals surface area contributed by atoms with E-state index in [4.69, 9.17) is 0 Å². The highest BCUT2D eigenvalue weighted by atomic mass is 16.3. The van der Waals surface area contributed by atoms with E-state index in [1.807, 2.05) is 42.7 Å². The molecule has 2 aromatic carbocycles. The lowest BCUT2D eigenvalue weighted by Crippen LogP contribution is -2.67. The average Bonchev–Trinajstić information content (AvgIpc) is 2.89. The third kappa shape index (κ3) is 5.07. The number of nitrogens with zero attached hydrogens (tertiary/aromatic N) is 4. The summed E-state index contributed by atoms with van der Waals surface area (Å²) in [4.78, 5) is 23.4. The maximum Gasteiger partial charge on any atom is 0.253 e. The molecule has 0 radical (unpaired) electrons. The molecule has 0 unspecified atom stereocenters. The van der Waals surface area contributed by atoms with Gasteiger partial charge in [-0.25, -0.2) is 0 Å². The summed E-state index contributed by atoms with van der Waals surface area (Å²) in [5, 5.41) is 10.3. The van der Waals surface area contributed by atoms with E-state index in [1.165, 1.54) is 17.5 Å². The van der Waals surface area contributed by atoms with Crippen molar-refractivity contribution >= 4 is 5.91 Å². The van der Waals surface area contributed by atoms with Crippen LogP contribution in [0.5, 0.6) is 0 Å². The molecule has 3 aromatic rings. The number of hydrogen-bond acceptors (Lipinski definition) is 5.